The van der Waals surface area contributed by atoms with Crippen LogP contribution in [0.15, 0.2) is 85.7 Å². The Morgan fingerprint density at radius 1 is 1.05 bits per heavy atom. The van der Waals surface area contributed by atoms with Crippen LogP contribution < -0.4 is 5.32 Å². The highest BCUT2D eigenvalue weighted by molar-refractivity contribution is 6.06. The summed E-state index contributed by atoms with van der Waals surface area (Å²) in [6.45, 7) is 3.66. The number of hydrogen-bond acceptors (Lipinski definition) is 3. The van der Waals surface area contributed by atoms with Crippen molar-refractivity contribution in [1.29, 1.82) is 0 Å². The summed E-state index contributed by atoms with van der Waals surface area (Å²) in [4.78, 5) is 20.9. The summed E-state index contributed by atoms with van der Waals surface area (Å²) in [6, 6.07) is 10.8. The number of carbonyl (C=O) groups is 1. The maximum Gasteiger partial charge on any atom is 0.417 e. The summed E-state index contributed by atoms with van der Waals surface area (Å²) in [5.74, 6) is -2.00. The Balaban J connectivity index is 1.80. The molecule has 37 heavy (non-hydrogen) atoms. The predicted molar refractivity (Wildman–Crippen MR) is 129 cm³/mol. The molecule has 1 N–H and O–H groups in total. The van der Waals surface area contributed by atoms with E-state index in [0.717, 1.165) is 24.3 Å². The molecular weight excluding hydrogens is 491 g/mol. The van der Waals surface area contributed by atoms with Crippen LogP contribution in [0.1, 0.15) is 27.3 Å². The Morgan fingerprint density at radius 3 is 2.43 bits per heavy atom. The van der Waals surface area contributed by atoms with Gasteiger partial charge in [0.05, 0.1) is 28.6 Å². The Morgan fingerprint density at radius 2 is 1.78 bits per heavy atom. The summed E-state index contributed by atoms with van der Waals surface area (Å²) in [6.07, 6.45) is 0.850. The van der Waals surface area contributed by atoms with Crippen LogP contribution in [-0.4, -0.2) is 20.4 Å². The highest BCUT2D eigenvalue weighted by atomic mass is 19.4. The van der Waals surface area contributed by atoms with Gasteiger partial charge in [0.25, 0.3) is 5.91 Å². The van der Waals surface area contributed by atoms with Crippen LogP contribution in [0.3, 0.4) is 0 Å². The van der Waals surface area contributed by atoms with Gasteiger partial charge in [-0.1, -0.05) is 24.8 Å². The number of nitrogens with one attached hydrogen (secondary N) is 1. The highest BCUT2D eigenvalue weighted by Crippen LogP contribution is 2.35. The molecule has 2 heterocycles. The van der Waals surface area contributed by atoms with E-state index < -0.39 is 35.0 Å². The molecule has 0 atom stereocenters. The van der Waals surface area contributed by atoms with E-state index in [1.807, 2.05) is 0 Å². The Bertz CT molecular complexity index is 1500. The second-order valence-electron chi connectivity index (χ2n) is 7.90. The molecule has 10 heteroatoms. The van der Waals surface area contributed by atoms with Gasteiger partial charge >= 0.3 is 6.18 Å². The van der Waals surface area contributed by atoms with Crippen LogP contribution in [0.2, 0.25) is 0 Å². The van der Waals surface area contributed by atoms with E-state index in [9.17, 15) is 26.7 Å². The summed E-state index contributed by atoms with van der Waals surface area (Å²) >= 11 is 0. The monoisotopic (exact) mass is 510 g/mol. The van der Waals surface area contributed by atoms with Crippen LogP contribution in [0.4, 0.5) is 27.6 Å². The normalized spacial score (nSPS) is 11.9. The number of hydrogen-bond donors (Lipinski definition) is 1. The van der Waals surface area contributed by atoms with E-state index in [4.69, 9.17) is 0 Å². The van der Waals surface area contributed by atoms with Gasteiger partial charge in [-0.15, -0.1) is 0 Å². The second kappa shape index (κ2) is 10.2. The van der Waals surface area contributed by atoms with E-state index >= 15 is 0 Å². The molecule has 0 aliphatic rings. The lowest BCUT2D eigenvalue weighted by Crippen LogP contribution is -2.19. The third-order valence-electron chi connectivity index (χ3n) is 5.53. The molecule has 0 radical (unpaired) electrons. The Hall–Kier alpha value is -4.60. The average Bonchev–Trinajstić information content (AvgIpc) is 3.24. The number of imidazole rings is 1. The zero-order valence-electron chi connectivity index (χ0n) is 19.4. The van der Waals surface area contributed by atoms with Crippen molar-refractivity contribution in [3.05, 3.63) is 120 Å². The molecule has 1 amide bonds. The Labute approximate surface area is 208 Å². The van der Waals surface area contributed by atoms with Crippen molar-refractivity contribution in [2.75, 3.05) is 5.32 Å². The lowest BCUT2D eigenvalue weighted by Gasteiger charge is -2.16. The molecular formula is C27H19F5N4O. The summed E-state index contributed by atoms with van der Waals surface area (Å²) < 4.78 is 70.4. The first-order chi connectivity index (χ1) is 17.6. The smallest absolute Gasteiger partial charge is 0.327 e. The third kappa shape index (κ3) is 5.32. The number of benzene rings is 2. The zero-order chi connectivity index (χ0) is 26.7. The van der Waals surface area contributed by atoms with Gasteiger partial charge in [0.2, 0.25) is 5.95 Å². The van der Waals surface area contributed by atoms with Gasteiger partial charge in [-0.05, 0) is 54.1 Å². The number of anilines is 1. The SMILES string of the molecule is C=C/C=C(/c1ccc(C(F)(F)F)c(C(=O)Nc2ccc(F)cc2)c1)c1ncc(-c2cccnc2F)n1C. The maximum atomic E-state index is 14.3. The number of aromatic nitrogens is 3. The zero-order valence-corrected chi connectivity index (χ0v) is 19.4. The average molecular weight is 510 g/mol. The minimum atomic E-state index is -4.81. The van der Waals surface area contributed by atoms with Crippen molar-refractivity contribution in [1.82, 2.24) is 14.5 Å². The lowest BCUT2D eigenvalue weighted by molar-refractivity contribution is -0.137. The van der Waals surface area contributed by atoms with Crippen molar-refractivity contribution >= 4 is 17.2 Å². The summed E-state index contributed by atoms with van der Waals surface area (Å²) in [5, 5.41) is 2.36. The number of nitrogens with zero attached hydrogens (tertiary/aromatic N) is 3. The van der Waals surface area contributed by atoms with Gasteiger partial charge in [0.1, 0.15) is 11.6 Å². The molecule has 0 saturated heterocycles. The van der Waals surface area contributed by atoms with E-state index in [-0.39, 0.29) is 16.8 Å². The van der Waals surface area contributed by atoms with Gasteiger partial charge in [-0.3, -0.25) is 4.79 Å². The first kappa shape index (κ1) is 25.5. The molecule has 188 valence electrons. The first-order valence-electron chi connectivity index (χ1n) is 10.8. The predicted octanol–water partition coefficient (Wildman–Crippen LogP) is 6.65. The number of halogens is 5. The van der Waals surface area contributed by atoms with Crippen molar-refractivity contribution in [3.63, 3.8) is 0 Å². The minimum absolute atomic E-state index is 0.124. The number of alkyl halides is 3. The van der Waals surface area contributed by atoms with Gasteiger partial charge in [0.15, 0.2) is 0 Å². The number of rotatable bonds is 6. The van der Waals surface area contributed by atoms with E-state index in [2.05, 4.69) is 21.9 Å². The molecule has 2 aromatic heterocycles. The minimum Gasteiger partial charge on any atom is -0.327 e. The van der Waals surface area contributed by atoms with Crippen LogP contribution in [0, 0.1) is 11.8 Å². The van der Waals surface area contributed by atoms with Crippen LogP contribution in [-0.2, 0) is 13.2 Å². The fourth-order valence-corrected chi connectivity index (χ4v) is 3.78. The standard InChI is InChI=1S/C27H19F5N4O/c1-3-5-19(25-34-15-23(36(25)2)20-6-4-13-33-24(20)29)16-7-12-22(27(30,31)32)21(14-16)26(37)35-18-10-8-17(28)9-11-18/h3-15H,1H2,2H3,(H,35,37)/b19-5-. The van der Waals surface area contributed by atoms with E-state index in [0.29, 0.717) is 17.1 Å². The van der Waals surface area contributed by atoms with Gasteiger partial charge in [-0.25, -0.2) is 14.4 Å². The van der Waals surface area contributed by atoms with Crippen LogP contribution in [0.5, 0.6) is 0 Å². The van der Waals surface area contributed by atoms with Crippen molar-refractivity contribution < 1.29 is 26.7 Å². The lowest BCUT2D eigenvalue weighted by atomic mass is 9.97. The third-order valence-corrected chi connectivity index (χ3v) is 5.53. The van der Waals surface area contributed by atoms with Crippen LogP contribution in [0.25, 0.3) is 16.8 Å². The van der Waals surface area contributed by atoms with E-state index in [1.54, 1.807) is 17.7 Å². The molecule has 0 spiro atoms. The molecule has 0 bridgehead atoms. The molecule has 0 aliphatic heterocycles. The van der Waals surface area contributed by atoms with Gasteiger partial charge in [-0.2, -0.15) is 17.6 Å². The van der Waals surface area contributed by atoms with Crippen molar-refractivity contribution in [2.45, 2.75) is 6.18 Å². The fraction of sp³-hybridized carbons (Fsp3) is 0.0741. The molecule has 4 aromatic rings. The quantitative estimate of drug-likeness (QED) is 0.180. The molecule has 4 rings (SSSR count). The van der Waals surface area contributed by atoms with E-state index in [1.165, 1.54) is 48.8 Å². The fourth-order valence-electron chi connectivity index (χ4n) is 3.78. The number of allylic oxidation sites excluding steroid dienone is 2. The Kier molecular flexibility index (Phi) is 7.01. The maximum absolute atomic E-state index is 14.3. The second-order valence-corrected chi connectivity index (χ2v) is 7.90. The van der Waals surface area contributed by atoms with Gasteiger partial charge in [0, 0.05) is 24.5 Å². The highest BCUT2D eigenvalue weighted by Gasteiger charge is 2.35. The first-order valence-corrected chi connectivity index (χ1v) is 10.8. The topological polar surface area (TPSA) is 59.8 Å². The van der Waals surface area contributed by atoms with Crippen LogP contribution >= 0.6 is 0 Å². The van der Waals surface area contributed by atoms with Crippen molar-refractivity contribution in [2.24, 2.45) is 7.05 Å². The molecule has 0 aliphatic carbocycles. The molecule has 0 fully saturated rings. The summed E-state index contributed by atoms with van der Waals surface area (Å²) in [5.41, 5.74) is -0.505. The number of amides is 1. The molecule has 5 nitrogen and oxygen atoms in total. The molecule has 0 saturated carbocycles. The van der Waals surface area contributed by atoms with Gasteiger partial charge < -0.3 is 9.88 Å². The summed E-state index contributed by atoms with van der Waals surface area (Å²) in [7, 11) is 1.62. The number of pyridine rings is 1. The molecule has 2 aromatic carbocycles. The van der Waals surface area contributed by atoms with Crippen molar-refractivity contribution in [3.8, 4) is 11.3 Å². The molecule has 0 unspecified atom stereocenters. The number of carbonyl (C=O) groups excluding carboxylic acids is 1. The largest absolute Gasteiger partial charge is 0.417 e.